The number of rotatable bonds is 5. The minimum atomic E-state index is 0. The third-order valence-electron chi connectivity index (χ3n) is 4.30. The van der Waals surface area contributed by atoms with Crippen LogP contribution in [-0.4, -0.2) is 9.55 Å². The SMILES string of the molecule is CC(C)c1ccc(CNc2ncc(-c3ccc(Cl)c(Cl)c3)n2C)cc1.Cl. The molecule has 3 rings (SSSR count). The smallest absolute Gasteiger partial charge is 0.203 e. The highest BCUT2D eigenvalue weighted by atomic mass is 35.5. The fourth-order valence-corrected chi connectivity index (χ4v) is 3.00. The van der Waals surface area contributed by atoms with Gasteiger partial charge in [0.2, 0.25) is 5.95 Å². The molecule has 0 atom stereocenters. The third-order valence-corrected chi connectivity index (χ3v) is 5.04. The number of hydrogen-bond acceptors (Lipinski definition) is 2. The summed E-state index contributed by atoms with van der Waals surface area (Å²) >= 11 is 12.1. The molecule has 0 saturated carbocycles. The predicted octanol–water partition coefficient (Wildman–Crippen LogP) is 6.55. The van der Waals surface area contributed by atoms with Crippen LogP contribution < -0.4 is 5.32 Å². The van der Waals surface area contributed by atoms with Gasteiger partial charge < -0.3 is 9.88 Å². The maximum absolute atomic E-state index is 6.12. The van der Waals surface area contributed by atoms with Crippen LogP contribution in [0.3, 0.4) is 0 Å². The van der Waals surface area contributed by atoms with Gasteiger partial charge >= 0.3 is 0 Å². The van der Waals surface area contributed by atoms with Gasteiger partial charge in [0, 0.05) is 19.2 Å². The van der Waals surface area contributed by atoms with Crippen LogP contribution in [0.25, 0.3) is 11.3 Å². The molecule has 0 fully saturated rings. The number of hydrogen-bond donors (Lipinski definition) is 1. The molecule has 2 aromatic carbocycles. The van der Waals surface area contributed by atoms with E-state index < -0.39 is 0 Å². The summed E-state index contributed by atoms with van der Waals surface area (Å²) in [4.78, 5) is 4.48. The zero-order chi connectivity index (χ0) is 18.0. The molecule has 0 radical (unpaired) electrons. The van der Waals surface area contributed by atoms with E-state index >= 15 is 0 Å². The number of benzene rings is 2. The molecular formula is C20H22Cl3N3. The van der Waals surface area contributed by atoms with Crippen LogP contribution in [0, 0.1) is 0 Å². The van der Waals surface area contributed by atoms with Gasteiger partial charge in [0.1, 0.15) is 0 Å². The molecule has 1 aromatic heterocycles. The third kappa shape index (κ3) is 4.53. The van der Waals surface area contributed by atoms with E-state index in [-0.39, 0.29) is 12.4 Å². The van der Waals surface area contributed by atoms with E-state index in [1.165, 1.54) is 11.1 Å². The van der Waals surface area contributed by atoms with Crippen molar-refractivity contribution in [3.8, 4) is 11.3 Å². The largest absolute Gasteiger partial charge is 0.352 e. The van der Waals surface area contributed by atoms with Crippen molar-refractivity contribution in [2.24, 2.45) is 7.05 Å². The lowest BCUT2D eigenvalue weighted by Gasteiger charge is -2.10. The van der Waals surface area contributed by atoms with E-state index in [0.717, 1.165) is 23.8 Å². The molecule has 0 aliphatic rings. The highest BCUT2D eigenvalue weighted by molar-refractivity contribution is 6.42. The molecule has 3 nitrogen and oxygen atoms in total. The maximum Gasteiger partial charge on any atom is 0.203 e. The van der Waals surface area contributed by atoms with E-state index in [0.29, 0.717) is 16.0 Å². The molecule has 1 heterocycles. The Morgan fingerprint density at radius 3 is 2.35 bits per heavy atom. The standard InChI is InChI=1S/C20H21Cl2N3.ClH/c1-13(2)15-6-4-14(5-7-15)11-23-20-24-12-19(25(20)3)16-8-9-17(21)18(22)10-16;/h4-10,12-13H,11H2,1-3H3,(H,23,24);1H. The van der Waals surface area contributed by atoms with Gasteiger partial charge in [0.15, 0.2) is 0 Å². The number of imidazole rings is 1. The summed E-state index contributed by atoms with van der Waals surface area (Å²) < 4.78 is 2.02. The summed E-state index contributed by atoms with van der Waals surface area (Å²) in [6.45, 7) is 5.13. The molecule has 0 spiro atoms. The van der Waals surface area contributed by atoms with Gasteiger partial charge in [-0.15, -0.1) is 12.4 Å². The van der Waals surface area contributed by atoms with Crippen molar-refractivity contribution in [3.05, 3.63) is 69.8 Å². The first-order valence-corrected chi connectivity index (χ1v) is 9.01. The van der Waals surface area contributed by atoms with E-state index in [2.05, 4.69) is 48.4 Å². The molecular weight excluding hydrogens is 389 g/mol. The average molecular weight is 411 g/mol. The molecule has 0 aliphatic carbocycles. The van der Waals surface area contributed by atoms with Gasteiger partial charge in [-0.05, 0) is 29.2 Å². The van der Waals surface area contributed by atoms with Crippen LogP contribution >= 0.6 is 35.6 Å². The Morgan fingerprint density at radius 1 is 1.04 bits per heavy atom. The second-order valence-electron chi connectivity index (χ2n) is 6.40. The summed E-state index contributed by atoms with van der Waals surface area (Å²) in [6.07, 6.45) is 1.84. The molecule has 0 amide bonds. The lowest BCUT2D eigenvalue weighted by molar-refractivity contribution is 0.864. The Kier molecular flexibility index (Phi) is 6.99. The topological polar surface area (TPSA) is 29.9 Å². The number of nitrogens with zero attached hydrogens (tertiary/aromatic N) is 2. The van der Waals surface area contributed by atoms with E-state index in [9.17, 15) is 0 Å². The van der Waals surface area contributed by atoms with Gasteiger partial charge in [-0.1, -0.05) is 67.4 Å². The lowest BCUT2D eigenvalue weighted by atomic mass is 10.0. The van der Waals surface area contributed by atoms with E-state index in [4.69, 9.17) is 23.2 Å². The first kappa shape index (κ1) is 20.6. The molecule has 6 heteroatoms. The van der Waals surface area contributed by atoms with Crippen molar-refractivity contribution in [1.29, 1.82) is 0 Å². The van der Waals surface area contributed by atoms with Gasteiger partial charge in [-0.3, -0.25) is 0 Å². The van der Waals surface area contributed by atoms with Gasteiger partial charge in [-0.25, -0.2) is 4.98 Å². The fourth-order valence-electron chi connectivity index (χ4n) is 2.70. The number of halogens is 3. The van der Waals surface area contributed by atoms with Crippen molar-refractivity contribution >= 4 is 41.6 Å². The van der Waals surface area contributed by atoms with E-state index in [1.807, 2.05) is 29.9 Å². The molecule has 1 N–H and O–H groups in total. The van der Waals surface area contributed by atoms with Crippen LogP contribution in [-0.2, 0) is 13.6 Å². The summed E-state index contributed by atoms with van der Waals surface area (Å²) in [5.41, 5.74) is 4.54. The second-order valence-corrected chi connectivity index (χ2v) is 7.22. The van der Waals surface area contributed by atoms with Crippen LogP contribution in [0.5, 0.6) is 0 Å². The highest BCUT2D eigenvalue weighted by Crippen LogP contribution is 2.29. The number of nitrogens with one attached hydrogen (secondary N) is 1. The maximum atomic E-state index is 6.12. The van der Waals surface area contributed by atoms with Crippen molar-refractivity contribution < 1.29 is 0 Å². The summed E-state index contributed by atoms with van der Waals surface area (Å²) in [5.74, 6) is 1.36. The second kappa shape index (κ2) is 8.81. The minimum absolute atomic E-state index is 0. The van der Waals surface area contributed by atoms with Crippen LogP contribution in [0.2, 0.25) is 10.0 Å². The Morgan fingerprint density at radius 2 is 1.73 bits per heavy atom. The van der Waals surface area contributed by atoms with Crippen LogP contribution in [0.1, 0.15) is 30.9 Å². The number of aromatic nitrogens is 2. The predicted molar refractivity (Wildman–Crippen MR) is 114 cm³/mol. The van der Waals surface area contributed by atoms with E-state index in [1.54, 1.807) is 6.07 Å². The van der Waals surface area contributed by atoms with Crippen molar-refractivity contribution in [1.82, 2.24) is 9.55 Å². The highest BCUT2D eigenvalue weighted by Gasteiger charge is 2.10. The Labute approximate surface area is 170 Å². The summed E-state index contributed by atoms with van der Waals surface area (Å²) in [7, 11) is 1.98. The molecule has 0 aliphatic heterocycles. The fraction of sp³-hybridized carbons (Fsp3) is 0.250. The number of anilines is 1. The first-order chi connectivity index (χ1) is 12.0. The van der Waals surface area contributed by atoms with Crippen molar-refractivity contribution in [2.75, 3.05) is 5.32 Å². The monoisotopic (exact) mass is 409 g/mol. The Hall–Kier alpha value is -1.68. The Balaban J connectivity index is 0.00000243. The van der Waals surface area contributed by atoms with Crippen LogP contribution in [0.4, 0.5) is 5.95 Å². The zero-order valence-electron chi connectivity index (χ0n) is 15.0. The molecule has 3 aromatic rings. The molecule has 138 valence electrons. The minimum Gasteiger partial charge on any atom is -0.352 e. The molecule has 0 saturated heterocycles. The van der Waals surface area contributed by atoms with Crippen molar-refractivity contribution in [2.45, 2.75) is 26.3 Å². The molecule has 0 unspecified atom stereocenters. The molecule has 0 bridgehead atoms. The molecule has 26 heavy (non-hydrogen) atoms. The van der Waals surface area contributed by atoms with Gasteiger partial charge in [-0.2, -0.15) is 0 Å². The van der Waals surface area contributed by atoms with Crippen molar-refractivity contribution in [3.63, 3.8) is 0 Å². The van der Waals surface area contributed by atoms with Crippen LogP contribution in [0.15, 0.2) is 48.7 Å². The lowest BCUT2D eigenvalue weighted by Crippen LogP contribution is -2.05. The zero-order valence-corrected chi connectivity index (χ0v) is 17.3. The Bertz CT molecular complexity index is 871. The quantitative estimate of drug-likeness (QED) is 0.516. The van der Waals surface area contributed by atoms with Gasteiger partial charge in [0.05, 0.1) is 21.9 Å². The summed E-state index contributed by atoms with van der Waals surface area (Å²) in [5, 5.41) is 4.48. The van der Waals surface area contributed by atoms with Gasteiger partial charge in [0.25, 0.3) is 0 Å². The normalized spacial score (nSPS) is 10.7. The average Bonchev–Trinajstić information content (AvgIpc) is 2.96. The first-order valence-electron chi connectivity index (χ1n) is 8.25. The summed E-state index contributed by atoms with van der Waals surface area (Å²) in [6, 6.07) is 14.3.